The number of imidazole rings is 1. The Balaban J connectivity index is 1.72. The number of anilines is 1. The molecule has 4 rings (SSSR count). The molecule has 0 aliphatic carbocycles. The predicted octanol–water partition coefficient (Wildman–Crippen LogP) is 0.428. The molecule has 2 aliphatic heterocycles. The average Bonchev–Trinajstić information content (AvgIpc) is 3.19. The van der Waals surface area contributed by atoms with Gasteiger partial charge in [0, 0.05) is 65.4 Å². The molecule has 0 bridgehead atoms. The second-order valence-corrected chi connectivity index (χ2v) is 10.1. The monoisotopic (exact) mass is 472 g/mol. The van der Waals surface area contributed by atoms with Crippen LogP contribution in [0.2, 0.25) is 0 Å². The van der Waals surface area contributed by atoms with E-state index >= 15 is 0 Å². The number of likely N-dealkylation sites (N-methyl/N-ethyl adjacent to an activating group) is 1. The second kappa shape index (κ2) is 10.5. The first-order valence-corrected chi connectivity index (χ1v) is 12.5. The molecule has 10 nitrogen and oxygen atoms in total. The third kappa shape index (κ3) is 5.13. The van der Waals surface area contributed by atoms with Crippen molar-refractivity contribution in [1.82, 2.24) is 28.5 Å². The van der Waals surface area contributed by atoms with Crippen molar-refractivity contribution >= 4 is 17.1 Å². The van der Waals surface area contributed by atoms with Crippen molar-refractivity contribution in [3.05, 3.63) is 32.5 Å². The van der Waals surface area contributed by atoms with Gasteiger partial charge in [-0.25, -0.2) is 4.79 Å². The Hall–Kier alpha value is -2.43. The summed E-state index contributed by atoms with van der Waals surface area (Å²) in [7, 11) is 3.71. The van der Waals surface area contributed by atoms with Gasteiger partial charge in [0.25, 0.3) is 5.56 Å². The summed E-state index contributed by atoms with van der Waals surface area (Å²) in [6.45, 7) is 11.9. The summed E-state index contributed by atoms with van der Waals surface area (Å²) in [5, 5.41) is 0. The molecule has 4 heterocycles. The van der Waals surface area contributed by atoms with Gasteiger partial charge in [0.05, 0.1) is 0 Å². The average molecular weight is 473 g/mol. The van der Waals surface area contributed by atoms with Crippen molar-refractivity contribution in [2.24, 2.45) is 12.8 Å². The molecule has 1 atom stereocenters. The number of hydrogen-bond acceptors (Lipinski definition) is 7. The zero-order valence-corrected chi connectivity index (χ0v) is 21.2. The first kappa shape index (κ1) is 24.7. The normalized spacial score (nSPS) is 20.3. The highest BCUT2D eigenvalue weighted by atomic mass is 16.2. The Morgan fingerprint density at radius 2 is 1.79 bits per heavy atom. The number of fused-ring (bicyclic) bond motifs is 1. The molecule has 2 aromatic rings. The molecule has 34 heavy (non-hydrogen) atoms. The van der Waals surface area contributed by atoms with Gasteiger partial charge >= 0.3 is 5.69 Å². The van der Waals surface area contributed by atoms with E-state index in [-0.39, 0.29) is 17.3 Å². The van der Waals surface area contributed by atoms with E-state index < -0.39 is 0 Å². The zero-order valence-electron chi connectivity index (χ0n) is 21.2. The molecule has 2 N–H and O–H groups in total. The molecular weight excluding hydrogens is 432 g/mol. The third-order valence-corrected chi connectivity index (χ3v) is 7.08. The van der Waals surface area contributed by atoms with Gasteiger partial charge in [-0.3, -0.25) is 13.9 Å². The van der Waals surface area contributed by atoms with Crippen molar-refractivity contribution in [3.63, 3.8) is 0 Å². The number of hydrogen-bond donors (Lipinski definition) is 1. The fourth-order valence-electron chi connectivity index (χ4n) is 4.95. The summed E-state index contributed by atoms with van der Waals surface area (Å²) in [4.78, 5) is 38.3. The molecule has 10 heteroatoms. The molecule has 2 fully saturated rings. The van der Waals surface area contributed by atoms with Crippen LogP contribution in [-0.4, -0.2) is 87.4 Å². The Labute approximate surface area is 201 Å². The molecule has 0 radical (unpaired) electrons. The first-order chi connectivity index (χ1) is 16.3. The number of nitrogens with two attached hydrogens (primary N) is 1. The van der Waals surface area contributed by atoms with Crippen molar-refractivity contribution in [2.45, 2.75) is 52.2 Å². The van der Waals surface area contributed by atoms with Crippen LogP contribution in [0.4, 0.5) is 5.95 Å². The van der Waals surface area contributed by atoms with Gasteiger partial charge in [0.15, 0.2) is 11.2 Å². The van der Waals surface area contributed by atoms with Crippen LogP contribution in [0.15, 0.2) is 21.2 Å². The van der Waals surface area contributed by atoms with Crippen LogP contribution in [0.1, 0.15) is 33.1 Å². The Morgan fingerprint density at radius 1 is 1.06 bits per heavy atom. The Bertz CT molecular complexity index is 1150. The molecule has 1 unspecified atom stereocenters. The number of allylic oxidation sites excluding steroid dienone is 2. The number of nitrogens with zero attached hydrogens (tertiary/aromatic N) is 7. The maximum Gasteiger partial charge on any atom is 0.332 e. The summed E-state index contributed by atoms with van der Waals surface area (Å²) in [5.41, 5.74) is 7.82. The number of aryl methyl sites for hydroxylation is 1. The summed E-state index contributed by atoms with van der Waals surface area (Å²) < 4.78 is 4.89. The van der Waals surface area contributed by atoms with Crippen LogP contribution in [-0.2, 0) is 20.1 Å². The van der Waals surface area contributed by atoms with E-state index in [1.165, 1.54) is 10.1 Å². The molecule has 2 aromatic heterocycles. The lowest BCUT2D eigenvalue weighted by Gasteiger charge is -2.32. The molecule has 0 aromatic carbocycles. The van der Waals surface area contributed by atoms with Crippen LogP contribution >= 0.6 is 0 Å². The van der Waals surface area contributed by atoms with Crippen LogP contribution in [0, 0.1) is 0 Å². The fraction of sp³-hybridized carbons (Fsp3) is 0.708. The standard InChI is InChI=1S/C24H40N8O2/c1-18(2)8-12-31-20-21(26-23(31)30-10-5-7-19(25)17-30)32(24(34)28(4)22(20)33)11-6-9-29-15-13-27(3)14-16-29/h8,19H,5-7,9-17,25H2,1-4H3. The van der Waals surface area contributed by atoms with E-state index in [1.807, 2.05) is 18.4 Å². The smallest absolute Gasteiger partial charge is 0.332 e. The number of aromatic nitrogens is 4. The van der Waals surface area contributed by atoms with Crippen molar-refractivity contribution < 1.29 is 0 Å². The van der Waals surface area contributed by atoms with Gasteiger partial charge in [-0.2, -0.15) is 4.98 Å². The molecule has 2 saturated heterocycles. The van der Waals surface area contributed by atoms with E-state index in [0.29, 0.717) is 30.8 Å². The SMILES string of the molecule is CC(C)=CCn1c(N2CCCC(N)C2)nc2c1c(=O)n(C)c(=O)n2CCCN1CCN(C)CC1. The highest BCUT2D eigenvalue weighted by Crippen LogP contribution is 2.23. The molecule has 2 aliphatic rings. The van der Waals surface area contributed by atoms with Gasteiger partial charge < -0.3 is 25.0 Å². The van der Waals surface area contributed by atoms with Crippen molar-refractivity contribution in [1.29, 1.82) is 0 Å². The summed E-state index contributed by atoms with van der Waals surface area (Å²) in [6.07, 6.45) is 4.91. The van der Waals surface area contributed by atoms with Gasteiger partial charge in [-0.15, -0.1) is 0 Å². The van der Waals surface area contributed by atoms with Crippen molar-refractivity contribution in [3.8, 4) is 0 Å². The Morgan fingerprint density at radius 3 is 2.47 bits per heavy atom. The van der Waals surface area contributed by atoms with E-state index in [4.69, 9.17) is 10.7 Å². The highest BCUT2D eigenvalue weighted by molar-refractivity contribution is 5.75. The minimum absolute atomic E-state index is 0.0825. The first-order valence-electron chi connectivity index (χ1n) is 12.5. The predicted molar refractivity (Wildman–Crippen MR) is 137 cm³/mol. The number of piperazine rings is 1. The summed E-state index contributed by atoms with van der Waals surface area (Å²) >= 11 is 0. The maximum atomic E-state index is 13.3. The Kier molecular flexibility index (Phi) is 7.59. The fourth-order valence-corrected chi connectivity index (χ4v) is 4.95. The third-order valence-electron chi connectivity index (χ3n) is 7.08. The van der Waals surface area contributed by atoms with Gasteiger partial charge in [-0.1, -0.05) is 11.6 Å². The molecule has 0 spiro atoms. The number of rotatable bonds is 7. The highest BCUT2D eigenvalue weighted by Gasteiger charge is 2.26. The van der Waals surface area contributed by atoms with Gasteiger partial charge in [0.1, 0.15) is 0 Å². The lowest BCUT2D eigenvalue weighted by atomic mass is 10.1. The van der Waals surface area contributed by atoms with E-state index in [2.05, 4.69) is 27.8 Å². The van der Waals surface area contributed by atoms with Crippen LogP contribution in [0.25, 0.3) is 11.2 Å². The minimum Gasteiger partial charge on any atom is -0.341 e. The lowest BCUT2D eigenvalue weighted by Crippen LogP contribution is -2.45. The number of piperidine rings is 1. The zero-order chi connectivity index (χ0) is 24.4. The largest absolute Gasteiger partial charge is 0.341 e. The summed E-state index contributed by atoms with van der Waals surface area (Å²) in [6, 6.07) is 0.0825. The maximum absolute atomic E-state index is 13.3. The lowest BCUT2D eigenvalue weighted by molar-refractivity contribution is 0.151. The molecule has 0 saturated carbocycles. The van der Waals surface area contributed by atoms with E-state index in [1.54, 1.807) is 11.6 Å². The molecule has 188 valence electrons. The van der Waals surface area contributed by atoms with Crippen LogP contribution in [0.3, 0.4) is 0 Å². The summed E-state index contributed by atoms with van der Waals surface area (Å²) in [5.74, 6) is 0.734. The molecule has 0 amide bonds. The quantitative estimate of drug-likeness (QED) is 0.584. The van der Waals surface area contributed by atoms with E-state index in [9.17, 15) is 9.59 Å². The molecular formula is C24H40N8O2. The van der Waals surface area contributed by atoms with Gasteiger partial charge in [0.2, 0.25) is 5.95 Å². The topological polar surface area (TPSA) is 97.6 Å². The van der Waals surface area contributed by atoms with Crippen molar-refractivity contribution in [2.75, 3.05) is 57.8 Å². The van der Waals surface area contributed by atoms with E-state index in [0.717, 1.165) is 64.5 Å². The van der Waals surface area contributed by atoms with Gasteiger partial charge in [-0.05, 0) is 46.7 Å². The second-order valence-electron chi connectivity index (χ2n) is 10.1. The van der Waals surface area contributed by atoms with Crippen LogP contribution < -0.4 is 21.9 Å². The van der Waals surface area contributed by atoms with Crippen LogP contribution in [0.5, 0.6) is 0 Å². The minimum atomic E-state index is -0.301.